The van der Waals surface area contributed by atoms with Crippen LogP contribution in [0.1, 0.15) is 12.6 Å². The van der Waals surface area contributed by atoms with Crippen LogP contribution in [0.25, 0.3) is 10.8 Å². The maximum Gasteiger partial charge on any atom is 0.148 e. The number of fused-ring (bicyclic) bond motifs is 1. The average Bonchev–Trinajstić information content (AvgIpc) is 2.43. The minimum absolute atomic E-state index is 0.170. The van der Waals surface area contributed by atoms with Crippen LogP contribution < -0.4 is 5.32 Å². The lowest BCUT2D eigenvalue weighted by Gasteiger charge is -2.11. The lowest BCUT2D eigenvalue weighted by atomic mass is 10.1. The van der Waals surface area contributed by atoms with Gasteiger partial charge in [-0.1, -0.05) is 6.92 Å². The van der Waals surface area contributed by atoms with Crippen molar-refractivity contribution in [3.8, 4) is 6.07 Å². The summed E-state index contributed by atoms with van der Waals surface area (Å²) < 4.78 is 0. The summed E-state index contributed by atoms with van der Waals surface area (Å²) in [5, 5.41) is 23.0. The lowest BCUT2D eigenvalue weighted by molar-refractivity contribution is 0.244. The van der Waals surface area contributed by atoms with E-state index in [9.17, 15) is 0 Å². The zero-order valence-electron chi connectivity index (χ0n) is 10.2. The molecule has 1 unspecified atom stereocenters. The zero-order chi connectivity index (χ0) is 13.0. The highest BCUT2D eigenvalue weighted by molar-refractivity contribution is 5.88. The molecule has 2 aromatic rings. The Balaban J connectivity index is 2.26. The van der Waals surface area contributed by atoms with Gasteiger partial charge in [0, 0.05) is 30.4 Å². The van der Waals surface area contributed by atoms with Gasteiger partial charge in [-0.15, -0.1) is 0 Å². The molecule has 1 atom stereocenters. The van der Waals surface area contributed by atoms with Gasteiger partial charge < -0.3 is 10.4 Å². The molecule has 0 aliphatic rings. The molecule has 0 aliphatic carbocycles. The molecule has 0 spiro atoms. The molecule has 0 fully saturated rings. The number of aliphatic hydroxyl groups is 1. The number of aromatic nitrogens is 1. The first-order valence-electron chi connectivity index (χ1n) is 5.88. The van der Waals surface area contributed by atoms with Crippen LogP contribution in [0.4, 0.5) is 5.69 Å². The molecule has 0 radical (unpaired) electrons. The SMILES string of the molecule is CC(CO)CNc1ccc2c(C#N)nccc2c1. The average molecular weight is 241 g/mol. The maximum absolute atomic E-state index is 8.97. The fraction of sp³-hybridized carbons (Fsp3) is 0.286. The second-order valence-corrected chi connectivity index (χ2v) is 4.38. The van der Waals surface area contributed by atoms with Crippen LogP contribution in [0.3, 0.4) is 0 Å². The Hall–Kier alpha value is -2.12. The molecule has 1 aromatic carbocycles. The largest absolute Gasteiger partial charge is 0.396 e. The number of rotatable bonds is 4. The number of anilines is 1. The molecular formula is C14H15N3O. The third kappa shape index (κ3) is 2.58. The van der Waals surface area contributed by atoms with E-state index in [2.05, 4.69) is 16.4 Å². The Morgan fingerprint density at radius 3 is 3.00 bits per heavy atom. The summed E-state index contributed by atoms with van der Waals surface area (Å²) in [7, 11) is 0. The van der Waals surface area contributed by atoms with Crippen LogP contribution in [-0.2, 0) is 0 Å². The number of nitrogens with zero attached hydrogens (tertiary/aromatic N) is 2. The number of hydrogen-bond acceptors (Lipinski definition) is 4. The Morgan fingerprint density at radius 2 is 2.28 bits per heavy atom. The first-order chi connectivity index (χ1) is 8.74. The minimum atomic E-state index is 0.170. The van der Waals surface area contributed by atoms with Crippen molar-refractivity contribution in [3.63, 3.8) is 0 Å². The second-order valence-electron chi connectivity index (χ2n) is 4.38. The van der Waals surface area contributed by atoms with Gasteiger partial charge in [-0.3, -0.25) is 0 Å². The van der Waals surface area contributed by atoms with Gasteiger partial charge in [0.25, 0.3) is 0 Å². The number of nitriles is 1. The quantitative estimate of drug-likeness (QED) is 0.860. The normalized spacial score (nSPS) is 12.1. The molecule has 92 valence electrons. The zero-order valence-corrected chi connectivity index (χ0v) is 10.2. The van der Waals surface area contributed by atoms with Gasteiger partial charge in [-0.2, -0.15) is 5.26 Å². The van der Waals surface area contributed by atoms with Crippen LogP contribution in [-0.4, -0.2) is 23.2 Å². The number of pyridine rings is 1. The molecule has 4 heteroatoms. The molecule has 18 heavy (non-hydrogen) atoms. The molecule has 0 saturated heterocycles. The molecule has 4 nitrogen and oxygen atoms in total. The van der Waals surface area contributed by atoms with Gasteiger partial charge >= 0.3 is 0 Å². The maximum atomic E-state index is 8.97. The smallest absolute Gasteiger partial charge is 0.148 e. The summed E-state index contributed by atoms with van der Waals surface area (Å²) >= 11 is 0. The minimum Gasteiger partial charge on any atom is -0.396 e. The van der Waals surface area contributed by atoms with Gasteiger partial charge in [-0.05, 0) is 35.6 Å². The summed E-state index contributed by atoms with van der Waals surface area (Å²) in [5.74, 6) is 0.216. The molecule has 0 aliphatic heterocycles. The van der Waals surface area contributed by atoms with Crippen LogP contribution in [0.2, 0.25) is 0 Å². The Labute approximate surface area is 106 Å². The summed E-state index contributed by atoms with van der Waals surface area (Å²) in [6.45, 7) is 2.87. The standard InChI is InChI=1S/C14H15N3O/c1-10(9-18)8-17-12-2-3-13-11(6-12)4-5-16-14(13)7-15/h2-6,10,17-18H,8-9H2,1H3. The Morgan fingerprint density at radius 1 is 1.44 bits per heavy atom. The van der Waals surface area contributed by atoms with Crippen molar-refractivity contribution in [2.75, 3.05) is 18.5 Å². The van der Waals surface area contributed by atoms with Crippen LogP contribution in [0.15, 0.2) is 30.5 Å². The predicted octanol–water partition coefficient (Wildman–Crippen LogP) is 2.15. The van der Waals surface area contributed by atoms with Crippen molar-refractivity contribution in [3.05, 3.63) is 36.2 Å². The fourth-order valence-electron chi connectivity index (χ4n) is 1.73. The van der Waals surface area contributed by atoms with Gasteiger partial charge in [-0.25, -0.2) is 4.98 Å². The van der Waals surface area contributed by atoms with Crippen molar-refractivity contribution >= 4 is 16.5 Å². The van der Waals surface area contributed by atoms with Crippen molar-refractivity contribution < 1.29 is 5.11 Å². The highest BCUT2D eigenvalue weighted by Crippen LogP contribution is 2.20. The molecule has 0 saturated carbocycles. The molecule has 0 amide bonds. The highest BCUT2D eigenvalue weighted by Gasteiger charge is 2.03. The van der Waals surface area contributed by atoms with Crippen molar-refractivity contribution in [1.29, 1.82) is 5.26 Å². The summed E-state index contributed by atoms with van der Waals surface area (Å²) in [6, 6.07) is 9.78. The first-order valence-corrected chi connectivity index (χ1v) is 5.88. The molecule has 1 aromatic heterocycles. The predicted molar refractivity (Wildman–Crippen MR) is 71.2 cm³/mol. The second kappa shape index (κ2) is 5.48. The first kappa shape index (κ1) is 12.3. The van der Waals surface area contributed by atoms with E-state index >= 15 is 0 Å². The van der Waals surface area contributed by atoms with Crippen LogP contribution in [0, 0.1) is 17.2 Å². The lowest BCUT2D eigenvalue weighted by Crippen LogP contribution is -2.14. The third-order valence-electron chi connectivity index (χ3n) is 2.84. The topological polar surface area (TPSA) is 68.9 Å². The fourth-order valence-corrected chi connectivity index (χ4v) is 1.73. The summed E-state index contributed by atoms with van der Waals surface area (Å²) in [6.07, 6.45) is 1.64. The van der Waals surface area contributed by atoms with Gasteiger partial charge in [0.2, 0.25) is 0 Å². The molecule has 1 heterocycles. The van der Waals surface area contributed by atoms with Gasteiger partial charge in [0.15, 0.2) is 0 Å². The van der Waals surface area contributed by atoms with Crippen molar-refractivity contribution in [2.24, 2.45) is 5.92 Å². The number of aliphatic hydroxyl groups excluding tert-OH is 1. The Kier molecular flexibility index (Phi) is 3.75. The van der Waals surface area contributed by atoms with Crippen molar-refractivity contribution in [2.45, 2.75) is 6.92 Å². The van der Waals surface area contributed by atoms with E-state index in [-0.39, 0.29) is 12.5 Å². The van der Waals surface area contributed by atoms with E-state index in [1.165, 1.54) is 0 Å². The van der Waals surface area contributed by atoms with Crippen LogP contribution >= 0.6 is 0 Å². The summed E-state index contributed by atoms with van der Waals surface area (Å²) in [5.41, 5.74) is 1.43. The Bertz CT molecular complexity index is 589. The van der Waals surface area contributed by atoms with E-state index in [0.717, 1.165) is 23.0 Å². The van der Waals surface area contributed by atoms with E-state index in [1.807, 2.05) is 31.2 Å². The summed E-state index contributed by atoms with van der Waals surface area (Å²) in [4.78, 5) is 4.03. The van der Waals surface area contributed by atoms with E-state index in [1.54, 1.807) is 6.20 Å². The van der Waals surface area contributed by atoms with E-state index in [4.69, 9.17) is 10.4 Å². The number of hydrogen-bond donors (Lipinski definition) is 2. The van der Waals surface area contributed by atoms with Crippen molar-refractivity contribution in [1.82, 2.24) is 4.98 Å². The van der Waals surface area contributed by atoms with Gasteiger partial charge in [0.1, 0.15) is 11.8 Å². The number of nitrogens with one attached hydrogen (secondary N) is 1. The molecule has 2 N–H and O–H groups in total. The monoisotopic (exact) mass is 241 g/mol. The van der Waals surface area contributed by atoms with E-state index in [0.29, 0.717) is 5.69 Å². The van der Waals surface area contributed by atoms with E-state index < -0.39 is 0 Å². The number of benzene rings is 1. The molecule has 2 rings (SSSR count). The third-order valence-corrected chi connectivity index (χ3v) is 2.84. The highest BCUT2D eigenvalue weighted by atomic mass is 16.3. The molecular weight excluding hydrogens is 226 g/mol. The van der Waals surface area contributed by atoms with Gasteiger partial charge in [0.05, 0.1) is 0 Å². The molecule has 0 bridgehead atoms. The van der Waals surface area contributed by atoms with Crippen LogP contribution in [0.5, 0.6) is 0 Å².